The topological polar surface area (TPSA) is 94.8 Å². The summed E-state index contributed by atoms with van der Waals surface area (Å²) < 4.78 is 45.0. The molecule has 2 aromatic carbocycles. The molecule has 1 saturated heterocycles. The number of nitrogens with one attached hydrogen (secondary N) is 1. The second-order valence-electron chi connectivity index (χ2n) is 9.14. The number of nitrogens with zero attached hydrogens (tertiary/aromatic N) is 3. The highest BCUT2D eigenvalue weighted by atomic mass is 19.3. The third-order valence-electron chi connectivity index (χ3n) is 6.51. The highest BCUT2D eigenvalue weighted by Gasteiger charge is 2.32. The summed E-state index contributed by atoms with van der Waals surface area (Å²) >= 11 is 0. The molecule has 2 atom stereocenters. The molecule has 0 spiro atoms. The maximum atomic E-state index is 14.5. The zero-order valence-corrected chi connectivity index (χ0v) is 21.3. The fourth-order valence-electron chi connectivity index (χ4n) is 4.61. The summed E-state index contributed by atoms with van der Waals surface area (Å²) in [6, 6.07) is 7.97. The van der Waals surface area contributed by atoms with Gasteiger partial charge < -0.3 is 30.2 Å². The van der Waals surface area contributed by atoms with E-state index < -0.39 is 12.5 Å². The maximum Gasteiger partial charge on any atom is 0.296 e. The Morgan fingerprint density at radius 1 is 1.17 bits per heavy atom. The average Bonchev–Trinajstić information content (AvgIpc) is 3.32. The lowest BCUT2D eigenvalue weighted by Crippen LogP contribution is -2.22. The molecule has 0 saturated carbocycles. The number of alkyl halides is 2. The van der Waals surface area contributed by atoms with Gasteiger partial charge in [0, 0.05) is 50.0 Å². The van der Waals surface area contributed by atoms with Crippen molar-refractivity contribution in [2.45, 2.75) is 38.3 Å². The molecule has 0 radical (unpaired) electrons. The SMILES string of the molecule is COCC(F)(F)c1cc(N)cc([C@@H](C)Nc2nc(C)nc3cc(OC)c(N4CCC(OC)C4)cc23)c1. The van der Waals surface area contributed by atoms with Crippen LogP contribution in [-0.2, 0) is 15.4 Å². The van der Waals surface area contributed by atoms with E-state index in [1.807, 2.05) is 26.0 Å². The van der Waals surface area contributed by atoms with Crippen molar-refractivity contribution in [3.8, 4) is 5.75 Å². The first-order valence-corrected chi connectivity index (χ1v) is 11.8. The number of methoxy groups -OCH3 is 3. The molecule has 3 N–H and O–H groups in total. The second-order valence-corrected chi connectivity index (χ2v) is 9.14. The Bertz CT molecular complexity index is 1240. The van der Waals surface area contributed by atoms with Crippen LogP contribution in [0.5, 0.6) is 5.75 Å². The Balaban J connectivity index is 1.72. The lowest BCUT2D eigenvalue weighted by molar-refractivity contribution is -0.0698. The van der Waals surface area contributed by atoms with Crippen molar-refractivity contribution in [1.29, 1.82) is 0 Å². The molecule has 10 heteroatoms. The number of halogens is 2. The first kappa shape index (κ1) is 25.8. The van der Waals surface area contributed by atoms with Crippen LogP contribution in [0.1, 0.15) is 36.3 Å². The van der Waals surface area contributed by atoms with E-state index in [4.69, 9.17) is 19.9 Å². The monoisotopic (exact) mass is 501 g/mol. The summed E-state index contributed by atoms with van der Waals surface area (Å²) in [5, 5.41) is 4.19. The van der Waals surface area contributed by atoms with E-state index >= 15 is 0 Å². The van der Waals surface area contributed by atoms with Crippen LogP contribution in [0.25, 0.3) is 10.9 Å². The Morgan fingerprint density at radius 3 is 2.61 bits per heavy atom. The number of hydrogen-bond acceptors (Lipinski definition) is 8. The highest BCUT2D eigenvalue weighted by Crippen LogP contribution is 2.38. The third kappa shape index (κ3) is 5.29. The zero-order chi connectivity index (χ0) is 26.0. The van der Waals surface area contributed by atoms with Crippen LogP contribution in [0, 0.1) is 6.92 Å². The molecule has 1 unspecified atom stereocenters. The van der Waals surface area contributed by atoms with Crippen LogP contribution >= 0.6 is 0 Å². The number of aryl methyl sites for hydroxylation is 1. The van der Waals surface area contributed by atoms with Gasteiger partial charge in [-0.2, -0.15) is 8.78 Å². The van der Waals surface area contributed by atoms with E-state index in [1.165, 1.54) is 19.2 Å². The minimum Gasteiger partial charge on any atom is -0.495 e. The molecule has 4 rings (SSSR count). The minimum atomic E-state index is -3.15. The molecule has 194 valence electrons. The number of hydrogen-bond donors (Lipinski definition) is 2. The predicted octanol–water partition coefficient (Wildman–Crippen LogP) is 4.67. The van der Waals surface area contributed by atoms with Gasteiger partial charge in [0.05, 0.1) is 30.5 Å². The van der Waals surface area contributed by atoms with Crippen molar-refractivity contribution >= 4 is 28.1 Å². The van der Waals surface area contributed by atoms with Crippen LogP contribution in [0.2, 0.25) is 0 Å². The summed E-state index contributed by atoms with van der Waals surface area (Å²) in [7, 11) is 4.61. The number of benzene rings is 2. The smallest absolute Gasteiger partial charge is 0.296 e. The number of nitrogens with two attached hydrogens (primary N) is 1. The highest BCUT2D eigenvalue weighted by molar-refractivity contribution is 5.94. The van der Waals surface area contributed by atoms with E-state index in [0.717, 1.165) is 41.9 Å². The average molecular weight is 502 g/mol. The molecular formula is C26H33F2N5O3. The second kappa shape index (κ2) is 10.4. The van der Waals surface area contributed by atoms with E-state index in [-0.39, 0.29) is 23.4 Å². The van der Waals surface area contributed by atoms with Gasteiger partial charge in [-0.3, -0.25) is 0 Å². The summed E-state index contributed by atoms with van der Waals surface area (Å²) in [6.45, 7) is 4.56. The van der Waals surface area contributed by atoms with E-state index in [0.29, 0.717) is 17.2 Å². The maximum absolute atomic E-state index is 14.5. The van der Waals surface area contributed by atoms with E-state index in [1.54, 1.807) is 20.3 Å². The lowest BCUT2D eigenvalue weighted by atomic mass is 10.00. The zero-order valence-electron chi connectivity index (χ0n) is 21.3. The number of aromatic nitrogens is 2. The fraction of sp³-hybridized carbons (Fsp3) is 0.462. The van der Waals surface area contributed by atoms with Gasteiger partial charge in [0.25, 0.3) is 5.92 Å². The van der Waals surface area contributed by atoms with Gasteiger partial charge in [-0.25, -0.2) is 9.97 Å². The Kier molecular flexibility index (Phi) is 7.46. The summed E-state index contributed by atoms with van der Waals surface area (Å²) in [5.74, 6) is -1.26. The standard InChI is InChI=1S/C26H33F2N5O3/c1-15(17-8-18(10-19(29)9-17)26(27,28)14-34-3)30-25-21-11-23(33-7-6-20(13-33)35-4)24(36-5)12-22(21)31-16(2)32-25/h8-12,15,20H,6-7,13-14,29H2,1-5H3,(H,30,31,32)/t15-,20?/m1/s1. The summed E-state index contributed by atoms with van der Waals surface area (Å²) in [4.78, 5) is 11.5. The van der Waals surface area contributed by atoms with Gasteiger partial charge in [0.2, 0.25) is 0 Å². The fourth-order valence-corrected chi connectivity index (χ4v) is 4.61. The molecule has 0 amide bonds. The molecule has 2 heterocycles. The van der Waals surface area contributed by atoms with Gasteiger partial charge in [-0.05, 0) is 50.1 Å². The van der Waals surface area contributed by atoms with Crippen molar-refractivity contribution in [1.82, 2.24) is 9.97 Å². The normalized spacial score (nSPS) is 17.0. The van der Waals surface area contributed by atoms with Crippen LogP contribution in [0.3, 0.4) is 0 Å². The molecular weight excluding hydrogens is 468 g/mol. The quantitative estimate of drug-likeness (QED) is 0.409. The minimum absolute atomic E-state index is 0.159. The third-order valence-corrected chi connectivity index (χ3v) is 6.51. The van der Waals surface area contributed by atoms with Crippen molar-refractivity contribution in [3.05, 3.63) is 47.3 Å². The Labute approximate surface area is 209 Å². The van der Waals surface area contributed by atoms with Crippen LogP contribution in [-0.4, -0.2) is 57.1 Å². The molecule has 3 aromatic rings. The molecule has 1 aliphatic rings. The lowest BCUT2D eigenvalue weighted by Gasteiger charge is -2.23. The molecule has 8 nitrogen and oxygen atoms in total. The van der Waals surface area contributed by atoms with Gasteiger partial charge in [0.1, 0.15) is 24.0 Å². The van der Waals surface area contributed by atoms with Crippen molar-refractivity contribution < 1.29 is 23.0 Å². The van der Waals surface area contributed by atoms with Crippen LogP contribution in [0.4, 0.5) is 26.0 Å². The number of rotatable bonds is 9. The van der Waals surface area contributed by atoms with Gasteiger partial charge in [-0.15, -0.1) is 0 Å². The van der Waals surface area contributed by atoms with Crippen molar-refractivity contribution in [2.75, 3.05) is 57.0 Å². The molecule has 0 bridgehead atoms. The van der Waals surface area contributed by atoms with Crippen molar-refractivity contribution in [2.24, 2.45) is 0 Å². The van der Waals surface area contributed by atoms with E-state index in [9.17, 15) is 8.78 Å². The van der Waals surface area contributed by atoms with Gasteiger partial charge in [0.15, 0.2) is 0 Å². The summed E-state index contributed by atoms with van der Waals surface area (Å²) in [6.07, 6.45) is 1.08. The van der Waals surface area contributed by atoms with Crippen LogP contribution in [0.15, 0.2) is 30.3 Å². The number of fused-ring (bicyclic) bond motifs is 1. The Hall–Kier alpha value is -3.24. The predicted molar refractivity (Wildman–Crippen MR) is 137 cm³/mol. The number of nitrogen functional groups attached to an aromatic ring is 1. The number of anilines is 3. The first-order chi connectivity index (χ1) is 17.1. The number of ether oxygens (including phenoxy) is 3. The summed E-state index contributed by atoms with van der Waals surface area (Å²) in [5.41, 5.74) is 8.31. The molecule has 0 aliphatic carbocycles. The molecule has 1 fully saturated rings. The largest absolute Gasteiger partial charge is 0.495 e. The molecule has 36 heavy (non-hydrogen) atoms. The van der Waals surface area contributed by atoms with Crippen LogP contribution < -0.4 is 20.7 Å². The molecule has 1 aromatic heterocycles. The first-order valence-electron chi connectivity index (χ1n) is 11.8. The Morgan fingerprint density at radius 2 is 1.94 bits per heavy atom. The molecule has 1 aliphatic heterocycles. The van der Waals surface area contributed by atoms with Gasteiger partial charge >= 0.3 is 0 Å². The van der Waals surface area contributed by atoms with E-state index in [2.05, 4.69) is 20.2 Å². The van der Waals surface area contributed by atoms with Gasteiger partial charge in [-0.1, -0.05) is 0 Å². The van der Waals surface area contributed by atoms with Crippen molar-refractivity contribution in [3.63, 3.8) is 0 Å².